The minimum Gasteiger partial charge on any atom is -0.486 e. The number of carboxylic acid groups (broad SMARTS) is 1. The van der Waals surface area contributed by atoms with Crippen molar-refractivity contribution >= 4 is 6.16 Å². The van der Waals surface area contributed by atoms with Crippen LogP contribution in [-0.4, -0.2) is 24.5 Å². The van der Waals surface area contributed by atoms with E-state index in [9.17, 15) is 4.79 Å². The largest absolute Gasteiger partial charge is 0.511 e. The van der Waals surface area contributed by atoms with Gasteiger partial charge in [-0.15, -0.1) is 0 Å². The molecule has 2 rings (SSSR count). The lowest BCUT2D eigenvalue weighted by atomic mass is 10.3. The second kappa shape index (κ2) is 3.45. The Labute approximate surface area is 79.8 Å². The zero-order valence-corrected chi connectivity index (χ0v) is 7.23. The quantitative estimate of drug-likeness (QED) is 0.544. The van der Waals surface area contributed by atoms with Crippen LogP contribution in [0, 0.1) is 0 Å². The Morgan fingerprint density at radius 2 is 2.00 bits per heavy atom. The molecule has 0 spiro atoms. The van der Waals surface area contributed by atoms with Gasteiger partial charge >= 0.3 is 6.16 Å². The van der Waals surface area contributed by atoms with E-state index < -0.39 is 6.16 Å². The summed E-state index contributed by atoms with van der Waals surface area (Å²) in [6, 6.07) is 4.62. The van der Waals surface area contributed by atoms with E-state index in [1.807, 2.05) is 0 Å². The molecule has 74 valence electrons. The molecule has 1 N–H and O–H groups in total. The molecular formula is C9H8O5. The van der Waals surface area contributed by atoms with Gasteiger partial charge in [0, 0.05) is 6.07 Å². The molecule has 0 unspecified atom stereocenters. The number of hydrogen-bond donors (Lipinski definition) is 1. The van der Waals surface area contributed by atoms with E-state index >= 15 is 0 Å². The first-order valence-electron chi connectivity index (χ1n) is 4.06. The molecule has 1 heterocycles. The Morgan fingerprint density at radius 3 is 2.71 bits per heavy atom. The lowest BCUT2D eigenvalue weighted by Gasteiger charge is -2.18. The van der Waals surface area contributed by atoms with Crippen LogP contribution in [0.3, 0.4) is 0 Å². The highest BCUT2D eigenvalue weighted by atomic mass is 16.7. The molecule has 0 amide bonds. The number of ether oxygens (including phenoxy) is 3. The van der Waals surface area contributed by atoms with E-state index in [0.29, 0.717) is 24.7 Å². The highest BCUT2D eigenvalue weighted by Crippen LogP contribution is 2.33. The van der Waals surface area contributed by atoms with Crippen LogP contribution >= 0.6 is 0 Å². The molecule has 5 heteroatoms. The number of hydrogen-bond acceptors (Lipinski definition) is 4. The minimum atomic E-state index is -1.35. The number of fused-ring (bicyclic) bond motifs is 1. The molecule has 0 fully saturated rings. The molecule has 0 bridgehead atoms. The molecule has 1 aliphatic heterocycles. The second-order valence-corrected chi connectivity index (χ2v) is 2.67. The Morgan fingerprint density at radius 1 is 1.29 bits per heavy atom. The van der Waals surface area contributed by atoms with Gasteiger partial charge in [-0.3, -0.25) is 0 Å². The Kier molecular flexibility index (Phi) is 2.14. The van der Waals surface area contributed by atoms with Crippen molar-refractivity contribution in [3.8, 4) is 17.2 Å². The van der Waals surface area contributed by atoms with Crippen LogP contribution in [0.1, 0.15) is 0 Å². The van der Waals surface area contributed by atoms with Crippen LogP contribution in [0.2, 0.25) is 0 Å². The third-order valence-electron chi connectivity index (χ3n) is 1.72. The molecule has 14 heavy (non-hydrogen) atoms. The fourth-order valence-corrected chi connectivity index (χ4v) is 1.19. The van der Waals surface area contributed by atoms with Gasteiger partial charge in [0.05, 0.1) is 0 Å². The molecule has 0 saturated heterocycles. The fourth-order valence-electron chi connectivity index (χ4n) is 1.19. The number of carbonyl (C=O) groups is 1. The lowest BCUT2D eigenvalue weighted by Crippen LogP contribution is -2.15. The van der Waals surface area contributed by atoms with Crippen LogP contribution in [0.5, 0.6) is 17.2 Å². The first kappa shape index (κ1) is 8.68. The van der Waals surface area contributed by atoms with Gasteiger partial charge in [-0.2, -0.15) is 0 Å². The average molecular weight is 196 g/mol. The van der Waals surface area contributed by atoms with E-state index in [4.69, 9.17) is 14.6 Å². The van der Waals surface area contributed by atoms with Gasteiger partial charge in [0.15, 0.2) is 11.5 Å². The van der Waals surface area contributed by atoms with E-state index in [1.165, 1.54) is 12.1 Å². The maximum absolute atomic E-state index is 10.2. The fraction of sp³-hybridized carbons (Fsp3) is 0.222. The predicted octanol–water partition coefficient (Wildman–Crippen LogP) is 1.51. The summed E-state index contributed by atoms with van der Waals surface area (Å²) in [4.78, 5) is 10.2. The Hall–Kier alpha value is -1.91. The van der Waals surface area contributed by atoms with E-state index in [2.05, 4.69) is 4.74 Å². The summed E-state index contributed by atoms with van der Waals surface area (Å²) in [6.07, 6.45) is -1.35. The molecule has 0 saturated carbocycles. The maximum Gasteiger partial charge on any atom is 0.511 e. The molecule has 1 aromatic carbocycles. The van der Waals surface area contributed by atoms with Gasteiger partial charge in [-0.25, -0.2) is 4.79 Å². The monoisotopic (exact) mass is 196 g/mol. The second-order valence-electron chi connectivity index (χ2n) is 2.67. The van der Waals surface area contributed by atoms with Crippen molar-refractivity contribution in [2.45, 2.75) is 0 Å². The van der Waals surface area contributed by atoms with Crippen LogP contribution in [0.4, 0.5) is 4.79 Å². The van der Waals surface area contributed by atoms with Crippen molar-refractivity contribution in [3.63, 3.8) is 0 Å². The Bertz CT molecular complexity index is 360. The highest BCUT2D eigenvalue weighted by molar-refractivity contribution is 5.62. The maximum atomic E-state index is 10.2. The minimum absolute atomic E-state index is 0.224. The molecular weight excluding hydrogens is 188 g/mol. The topological polar surface area (TPSA) is 65.0 Å². The smallest absolute Gasteiger partial charge is 0.486 e. The van der Waals surface area contributed by atoms with Crippen LogP contribution in [0.25, 0.3) is 0 Å². The van der Waals surface area contributed by atoms with Crippen LogP contribution in [0.15, 0.2) is 18.2 Å². The van der Waals surface area contributed by atoms with E-state index in [-0.39, 0.29) is 5.75 Å². The SMILES string of the molecule is O=C(O)Oc1ccc2c(c1)OCCO2. The molecule has 1 aromatic rings. The molecule has 0 aromatic heterocycles. The van der Waals surface area contributed by atoms with Gasteiger partial charge in [0.1, 0.15) is 19.0 Å². The van der Waals surface area contributed by atoms with Gasteiger partial charge in [-0.05, 0) is 12.1 Å². The van der Waals surface area contributed by atoms with Crippen LogP contribution in [-0.2, 0) is 0 Å². The van der Waals surface area contributed by atoms with Gasteiger partial charge in [-0.1, -0.05) is 0 Å². The summed E-state index contributed by atoms with van der Waals surface area (Å²) in [5.41, 5.74) is 0. The summed E-state index contributed by atoms with van der Waals surface area (Å²) < 4.78 is 15.0. The number of rotatable bonds is 1. The molecule has 5 nitrogen and oxygen atoms in total. The van der Waals surface area contributed by atoms with Crippen molar-refractivity contribution in [1.82, 2.24) is 0 Å². The predicted molar refractivity (Wildman–Crippen MR) is 46.1 cm³/mol. The lowest BCUT2D eigenvalue weighted by molar-refractivity contribution is 0.143. The van der Waals surface area contributed by atoms with Gasteiger partial charge in [0.25, 0.3) is 0 Å². The zero-order valence-electron chi connectivity index (χ0n) is 7.23. The summed E-state index contributed by atoms with van der Waals surface area (Å²) in [6.45, 7) is 0.968. The first-order valence-corrected chi connectivity index (χ1v) is 4.06. The molecule has 0 atom stereocenters. The molecule has 0 radical (unpaired) electrons. The summed E-state index contributed by atoms with van der Waals surface area (Å²) in [5.74, 6) is 1.34. The first-order chi connectivity index (χ1) is 6.75. The van der Waals surface area contributed by atoms with Gasteiger partial charge < -0.3 is 19.3 Å². The summed E-state index contributed by atoms with van der Waals surface area (Å²) >= 11 is 0. The molecule has 1 aliphatic rings. The van der Waals surface area contributed by atoms with E-state index in [0.717, 1.165) is 0 Å². The number of benzene rings is 1. The highest BCUT2D eigenvalue weighted by Gasteiger charge is 2.13. The third-order valence-corrected chi connectivity index (χ3v) is 1.72. The summed E-state index contributed by atoms with van der Waals surface area (Å²) in [7, 11) is 0. The van der Waals surface area contributed by atoms with Gasteiger partial charge in [0.2, 0.25) is 0 Å². The van der Waals surface area contributed by atoms with Crippen molar-refractivity contribution in [2.24, 2.45) is 0 Å². The van der Waals surface area contributed by atoms with Crippen molar-refractivity contribution < 1.29 is 24.1 Å². The van der Waals surface area contributed by atoms with Crippen molar-refractivity contribution in [3.05, 3.63) is 18.2 Å². The normalized spacial score (nSPS) is 13.4. The van der Waals surface area contributed by atoms with E-state index in [1.54, 1.807) is 6.07 Å². The van der Waals surface area contributed by atoms with Crippen LogP contribution < -0.4 is 14.2 Å². The third kappa shape index (κ3) is 1.71. The summed E-state index contributed by atoms with van der Waals surface area (Å²) in [5, 5.41) is 8.38. The van der Waals surface area contributed by atoms with Crippen molar-refractivity contribution in [1.29, 1.82) is 0 Å². The Balaban J connectivity index is 2.24. The zero-order chi connectivity index (χ0) is 9.97. The average Bonchev–Trinajstić information content (AvgIpc) is 2.17. The van der Waals surface area contributed by atoms with Crippen molar-refractivity contribution in [2.75, 3.05) is 13.2 Å². The molecule has 0 aliphatic carbocycles. The standard InChI is InChI=1S/C9H8O5/c10-9(11)14-6-1-2-7-8(5-6)13-4-3-12-7/h1-2,5H,3-4H2,(H,10,11).